The summed E-state index contributed by atoms with van der Waals surface area (Å²) in [6.07, 6.45) is 3.40. The lowest BCUT2D eigenvalue weighted by atomic mass is 9.88. The number of benzene rings is 1. The van der Waals surface area contributed by atoms with Crippen LogP contribution in [0.25, 0.3) is 0 Å². The van der Waals surface area contributed by atoms with Gasteiger partial charge < -0.3 is 20.9 Å². The Morgan fingerprint density at radius 3 is 2.48 bits per heavy atom. The number of carbonyl (C=O) groups is 2. The fourth-order valence-electron chi connectivity index (χ4n) is 4.00. The minimum Gasteiger partial charge on any atom is -0.352 e. The number of carbonyl (C=O) groups excluding carboxylic acids is 2. The van der Waals surface area contributed by atoms with Gasteiger partial charge in [-0.2, -0.15) is 0 Å². The predicted octanol–water partition coefficient (Wildman–Crippen LogP) is 1.52. The van der Waals surface area contributed by atoms with E-state index in [1.54, 1.807) is 0 Å². The Hall–Kier alpha value is -1.92. The summed E-state index contributed by atoms with van der Waals surface area (Å²) in [7, 11) is 0. The van der Waals surface area contributed by atoms with Gasteiger partial charge in [0, 0.05) is 30.7 Å². The van der Waals surface area contributed by atoms with Gasteiger partial charge in [-0.3, -0.25) is 9.59 Å². The lowest BCUT2D eigenvalue weighted by Gasteiger charge is -2.26. The summed E-state index contributed by atoms with van der Waals surface area (Å²) in [6.45, 7) is 9.40. The Bertz CT molecular complexity index is 651. The molecule has 2 fully saturated rings. The summed E-state index contributed by atoms with van der Waals surface area (Å²) < 4.78 is 0. The predicted molar refractivity (Wildman–Crippen MR) is 106 cm³/mol. The van der Waals surface area contributed by atoms with Crippen LogP contribution in [-0.4, -0.2) is 55.0 Å². The molecule has 148 valence electrons. The highest BCUT2D eigenvalue weighted by atomic mass is 16.2. The first kappa shape index (κ1) is 19.8. The summed E-state index contributed by atoms with van der Waals surface area (Å²) in [4.78, 5) is 27.0. The van der Waals surface area contributed by atoms with E-state index in [-0.39, 0.29) is 23.3 Å². The van der Waals surface area contributed by atoms with Gasteiger partial charge in [-0.05, 0) is 70.4 Å². The molecular formula is C21H32N4O2. The maximum atomic E-state index is 12.4. The van der Waals surface area contributed by atoms with Gasteiger partial charge in [-0.1, -0.05) is 12.1 Å². The molecule has 1 aromatic rings. The molecule has 0 aliphatic carbocycles. The van der Waals surface area contributed by atoms with Crippen LogP contribution in [0.1, 0.15) is 49.0 Å². The molecule has 0 bridgehead atoms. The van der Waals surface area contributed by atoms with Gasteiger partial charge in [0.1, 0.15) is 0 Å². The maximum absolute atomic E-state index is 12.4. The first-order chi connectivity index (χ1) is 13.0. The van der Waals surface area contributed by atoms with E-state index in [0.29, 0.717) is 18.7 Å². The Labute approximate surface area is 162 Å². The second-order valence-corrected chi connectivity index (χ2v) is 8.21. The average molecular weight is 373 g/mol. The molecular weight excluding hydrogens is 340 g/mol. The number of nitrogens with zero attached hydrogens (tertiary/aromatic N) is 1. The van der Waals surface area contributed by atoms with E-state index >= 15 is 0 Å². The van der Waals surface area contributed by atoms with Crippen molar-refractivity contribution >= 4 is 11.8 Å². The number of amides is 2. The lowest BCUT2D eigenvalue weighted by Crippen LogP contribution is -2.45. The van der Waals surface area contributed by atoms with Gasteiger partial charge in [0.15, 0.2) is 0 Å². The number of nitrogens with one attached hydrogen (secondary N) is 3. The maximum Gasteiger partial charge on any atom is 0.251 e. The van der Waals surface area contributed by atoms with E-state index in [4.69, 9.17) is 0 Å². The van der Waals surface area contributed by atoms with E-state index in [1.807, 2.05) is 24.3 Å². The van der Waals surface area contributed by atoms with Crippen LogP contribution in [0.2, 0.25) is 0 Å². The largest absolute Gasteiger partial charge is 0.352 e. The van der Waals surface area contributed by atoms with Crippen molar-refractivity contribution in [2.45, 2.75) is 45.2 Å². The zero-order chi connectivity index (χ0) is 19.3. The summed E-state index contributed by atoms with van der Waals surface area (Å²) in [5.41, 5.74) is 1.51. The molecule has 0 aromatic heterocycles. The summed E-state index contributed by atoms with van der Waals surface area (Å²) in [6, 6.07) is 7.48. The standard InChI is InChI=1S/C21H32N4O2/c1-21(2)18(9-10-24-21)20(27)23-15-16-5-7-17(8-6-16)19(26)22-11-14-25-12-3-4-13-25/h5-8,18,24H,3-4,9-15H2,1-2H3,(H,22,26)(H,23,27). The SMILES string of the molecule is CC1(C)NCCC1C(=O)NCc1ccc(C(=O)NCCN2CCCC2)cc1. The van der Waals surface area contributed by atoms with Crippen LogP contribution in [0.15, 0.2) is 24.3 Å². The van der Waals surface area contributed by atoms with E-state index in [9.17, 15) is 9.59 Å². The average Bonchev–Trinajstić information content (AvgIpc) is 3.29. The van der Waals surface area contributed by atoms with Crippen LogP contribution in [0, 0.1) is 5.92 Å². The van der Waals surface area contributed by atoms with Gasteiger partial charge in [-0.15, -0.1) is 0 Å². The topological polar surface area (TPSA) is 73.5 Å². The van der Waals surface area contributed by atoms with Crippen LogP contribution < -0.4 is 16.0 Å². The molecule has 2 aliphatic heterocycles. The van der Waals surface area contributed by atoms with Crippen molar-refractivity contribution in [3.63, 3.8) is 0 Å². The molecule has 6 nitrogen and oxygen atoms in total. The molecule has 27 heavy (non-hydrogen) atoms. The first-order valence-electron chi connectivity index (χ1n) is 10.1. The molecule has 0 spiro atoms. The van der Waals surface area contributed by atoms with Gasteiger partial charge in [0.05, 0.1) is 5.92 Å². The van der Waals surface area contributed by atoms with E-state index < -0.39 is 0 Å². The van der Waals surface area contributed by atoms with Crippen LogP contribution in [0.4, 0.5) is 0 Å². The van der Waals surface area contributed by atoms with Crippen LogP contribution in [0.3, 0.4) is 0 Å². The van der Waals surface area contributed by atoms with Crippen molar-refractivity contribution < 1.29 is 9.59 Å². The monoisotopic (exact) mass is 372 g/mol. The number of likely N-dealkylation sites (tertiary alicyclic amines) is 1. The van der Waals surface area contributed by atoms with E-state index in [0.717, 1.165) is 38.2 Å². The molecule has 0 radical (unpaired) electrons. The second-order valence-electron chi connectivity index (χ2n) is 8.21. The second kappa shape index (κ2) is 8.85. The van der Waals surface area contributed by atoms with Crippen molar-refractivity contribution in [1.29, 1.82) is 0 Å². The Balaban J connectivity index is 1.42. The number of rotatable bonds is 7. The van der Waals surface area contributed by atoms with Gasteiger partial charge in [-0.25, -0.2) is 0 Å². The van der Waals surface area contributed by atoms with E-state index in [2.05, 4.69) is 34.7 Å². The van der Waals surface area contributed by atoms with Gasteiger partial charge >= 0.3 is 0 Å². The van der Waals surface area contributed by atoms with Crippen molar-refractivity contribution in [2.75, 3.05) is 32.7 Å². The van der Waals surface area contributed by atoms with Crippen LogP contribution >= 0.6 is 0 Å². The van der Waals surface area contributed by atoms with E-state index in [1.165, 1.54) is 12.8 Å². The molecule has 0 saturated carbocycles. The van der Waals surface area contributed by atoms with Crippen LogP contribution in [0.5, 0.6) is 0 Å². The fraction of sp³-hybridized carbons (Fsp3) is 0.619. The smallest absolute Gasteiger partial charge is 0.251 e. The highest BCUT2D eigenvalue weighted by Crippen LogP contribution is 2.25. The lowest BCUT2D eigenvalue weighted by molar-refractivity contribution is -0.126. The van der Waals surface area contributed by atoms with Gasteiger partial charge in [0.2, 0.25) is 5.91 Å². The highest BCUT2D eigenvalue weighted by molar-refractivity contribution is 5.94. The number of hydrogen-bond donors (Lipinski definition) is 3. The molecule has 1 unspecified atom stereocenters. The van der Waals surface area contributed by atoms with Gasteiger partial charge in [0.25, 0.3) is 5.91 Å². The Morgan fingerprint density at radius 2 is 1.85 bits per heavy atom. The van der Waals surface area contributed by atoms with Crippen molar-refractivity contribution in [3.8, 4) is 0 Å². The quantitative estimate of drug-likeness (QED) is 0.678. The summed E-state index contributed by atoms with van der Waals surface area (Å²) >= 11 is 0. The minimum absolute atomic E-state index is 0.00171. The van der Waals surface area contributed by atoms with Crippen molar-refractivity contribution in [3.05, 3.63) is 35.4 Å². The summed E-state index contributed by atoms with van der Waals surface area (Å²) in [5, 5.41) is 9.38. The normalized spacial score (nSPS) is 21.9. The Morgan fingerprint density at radius 1 is 1.15 bits per heavy atom. The third-order valence-corrected chi connectivity index (χ3v) is 5.80. The zero-order valence-electron chi connectivity index (χ0n) is 16.5. The number of hydrogen-bond acceptors (Lipinski definition) is 4. The molecule has 6 heteroatoms. The minimum atomic E-state index is -0.152. The molecule has 3 rings (SSSR count). The zero-order valence-corrected chi connectivity index (χ0v) is 16.5. The van der Waals surface area contributed by atoms with Crippen LogP contribution in [-0.2, 0) is 11.3 Å². The molecule has 2 heterocycles. The Kier molecular flexibility index (Phi) is 6.50. The first-order valence-corrected chi connectivity index (χ1v) is 10.1. The highest BCUT2D eigenvalue weighted by Gasteiger charge is 2.38. The molecule has 2 saturated heterocycles. The van der Waals surface area contributed by atoms with Crippen molar-refractivity contribution in [2.24, 2.45) is 5.92 Å². The molecule has 2 amide bonds. The molecule has 2 aliphatic rings. The third-order valence-electron chi connectivity index (χ3n) is 5.80. The fourth-order valence-corrected chi connectivity index (χ4v) is 4.00. The molecule has 3 N–H and O–H groups in total. The summed E-state index contributed by atoms with van der Waals surface area (Å²) in [5.74, 6) is 0.0513. The van der Waals surface area contributed by atoms with Crippen molar-refractivity contribution in [1.82, 2.24) is 20.9 Å². The molecule has 1 aromatic carbocycles. The third kappa shape index (κ3) is 5.30. The molecule has 1 atom stereocenters.